The van der Waals surface area contributed by atoms with Crippen molar-refractivity contribution in [3.8, 4) is 0 Å². The summed E-state index contributed by atoms with van der Waals surface area (Å²) in [5.74, 6) is -0.333. The molecule has 0 amide bonds. The third-order valence-electron chi connectivity index (χ3n) is 3.05. The van der Waals surface area contributed by atoms with Gasteiger partial charge in [-0.05, 0) is 18.6 Å². The van der Waals surface area contributed by atoms with E-state index in [1.165, 1.54) is 6.07 Å². The molecule has 4 nitrogen and oxygen atoms in total. The Morgan fingerprint density at radius 1 is 1.41 bits per heavy atom. The molecule has 94 valence electrons. The first-order chi connectivity index (χ1) is 7.96. The minimum absolute atomic E-state index is 0.0369. The van der Waals surface area contributed by atoms with Crippen molar-refractivity contribution < 1.29 is 12.8 Å². The molecule has 0 saturated carbocycles. The van der Waals surface area contributed by atoms with Crippen LogP contribution in [0.15, 0.2) is 24.3 Å². The molecule has 1 aromatic rings. The van der Waals surface area contributed by atoms with E-state index in [9.17, 15) is 12.8 Å². The summed E-state index contributed by atoms with van der Waals surface area (Å²) in [6.45, 7) is 0.167. The molecule has 0 bridgehead atoms. The van der Waals surface area contributed by atoms with Crippen molar-refractivity contribution in [1.82, 2.24) is 0 Å². The number of hydrogen-bond acceptors (Lipinski definition) is 4. The maximum absolute atomic E-state index is 13.5. The molecule has 1 aliphatic rings. The van der Waals surface area contributed by atoms with E-state index in [1.807, 2.05) is 0 Å². The summed E-state index contributed by atoms with van der Waals surface area (Å²) < 4.78 is 36.5. The van der Waals surface area contributed by atoms with Gasteiger partial charge in [0.25, 0.3) is 0 Å². The molecular formula is C11H15FN2O2S. The van der Waals surface area contributed by atoms with E-state index in [4.69, 9.17) is 5.73 Å². The fourth-order valence-electron chi connectivity index (χ4n) is 2.08. The third kappa shape index (κ3) is 2.58. The highest BCUT2D eigenvalue weighted by atomic mass is 32.2. The first-order valence-corrected chi connectivity index (χ1v) is 7.22. The molecule has 1 unspecified atom stereocenters. The van der Waals surface area contributed by atoms with Gasteiger partial charge in [0.2, 0.25) is 0 Å². The number of sulfone groups is 1. The molecule has 0 aromatic heterocycles. The van der Waals surface area contributed by atoms with Crippen LogP contribution in [0.3, 0.4) is 0 Å². The highest BCUT2D eigenvalue weighted by Crippen LogP contribution is 2.28. The van der Waals surface area contributed by atoms with E-state index in [0.717, 1.165) is 0 Å². The third-order valence-corrected chi connectivity index (χ3v) is 4.87. The Morgan fingerprint density at radius 3 is 2.65 bits per heavy atom. The maximum Gasteiger partial charge on any atom is 0.152 e. The molecule has 2 rings (SSSR count). The Morgan fingerprint density at radius 2 is 2.12 bits per heavy atom. The van der Waals surface area contributed by atoms with Crippen molar-refractivity contribution >= 4 is 15.5 Å². The van der Waals surface area contributed by atoms with Gasteiger partial charge >= 0.3 is 0 Å². The molecule has 1 saturated heterocycles. The van der Waals surface area contributed by atoms with Gasteiger partial charge in [-0.3, -0.25) is 0 Å². The molecular weight excluding hydrogens is 243 g/mol. The first-order valence-electron chi connectivity index (χ1n) is 5.40. The quantitative estimate of drug-likeness (QED) is 0.839. The monoisotopic (exact) mass is 258 g/mol. The van der Waals surface area contributed by atoms with Crippen LogP contribution in [0, 0.1) is 5.82 Å². The predicted octanol–water partition coefficient (Wildman–Crippen LogP) is 0.754. The Balaban J connectivity index is 2.25. The zero-order chi connectivity index (χ0) is 12.5. The standard InChI is InChI=1S/C11H15FN2O2S/c12-9-3-1-2-4-10(9)14-11(7-13)5-6-17(15,16)8-11/h1-4,14H,5-8,13H2. The molecule has 1 aromatic carbocycles. The molecule has 0 spiro atoms. The fourth-order valence-corrected chi connectivity index (χ4v) is 4.10. The van der Waals surface area contributed by atoms with Crippen molar-refractivity contribution in [2.45, 2.75) is 12.0 Å². The average molecular weight is 258 g/mol. The van der Waals surface area contributed by atoms with Gasteiger partial charge in [0.05, 0.1) is 22.7 Å². The Kier molecular flexibility index (Phi) is 3.09. The van der Waals surface area contributed by atoms with Crippen LogP contribution in [-0.2, 0) is 9.84 Å². The zero-order valence-corrected chi connectivity index (χ0v) is 10.1. The molecule has 1 aliphatic heterocycles. The Labute approximate surface area is 99.9 Å². The molecule has 6 heteroatoms. The molecule has 0 aliphatic carbocycles. The van der Waals surface area contributed by atoms with Crippen molar-refractivity contribution in [2.75, 3.05) is 23.4 Å². The lowest BCUT2D eigenvalue weighted by molar-refractivity contribution is 0.526. The van der Waals surface area contributed by atoms with Crippen molar-refractivity contribution in [3.63, 3.8) is 0 Å². The summed E-state index contributed by atoms with van der Waals surface area (Å²) in [6, 6.07) is 6.19. The topological polar surface area (TPSA) is 72.2 Å². The highest BCUT2D eigenvalue weighted by molar-refractivity contribution is 7.91. The Hall–Kier alpha value is -1.14. The van der Waals surface area contributed by atoms with E-state index >= 15 is 0 Å². The van der Waals surface area contributed by atoms with Crippen LogP contribution >= 0.6 is 0 Å². The van der Waals surface area contributed by atoms with Gasteiger partial charge in [-0.25, -0.2) is 12.8 Å². The van der Waals surface area contributed by atoms with Crippen molar-refractivity contribution in [3.05, 3.63) is 30.1 Å². The van der Waals surface area contributed by atoms with Crippen LogP contribution in [0.2, 0.25) is 0 Å². The molecule has 0 radical (unpaired) electrons. The van der Waals surface area contributed by atoms with Crippen molar-refractivity contribution in [2.24, 2.45) is 5.73 Å². The van der Waals surface area contributed by atoms with Gasteiger partial charge < -0.3 is 11.1 Å². The molecule has 1 fully saturated rings. The number of halogens is 1. The van der Waals surface area contributed by atoms with Gasteiger partial charge in [0.15, 0.2) is 9.84 Å². The fraction of sp³-hybridized carbons (Fsp3) is 0.455. The van der Waals surface area contributed by atoms with Crippen LogP contribution in [-0.4, -0.2) is 32.0 Å². The number of rotatable bonds is 3. The smallest absolute Gasteiger partial charge is 0.152 e. The first kappa shape index (κ1) is 12.3. The lowest BCUT2D eigenvalue weighted by Gasteiger charge is -2.28. The van der Waals surface area contributed by atoms with E-state index in [0.29, 0.717) is 12.1 Å². The molecule has 3 N–H and O–H groups in total. The van der Waals surface area contributed by atoms with E-state index in [2.05, 4.69) is 5.32 Å². The van der Waals surface area contributed by atoms with Gasteiger partial charge in [-0.15, -0.1) is 0 Å². The number of nitrogens with two attached hydrogens (primary N) is 1. The Bertz CT molecular complexity index is 518. The van der Waals surface area contributed by atoms with Crippen molar-refractivity contribution in [1.29, 1.82) is 0 Å². The number of para-hydroxylation sites is 1. The van der Waals surface area contributed by atoms with Gasteiger partial charge in [0.1, 0.15) is 5.82 Å². The van der Waals surface area contributed by atoms with Crippen LogP contribution in [0.5, 0.6) is 0 Å². The zero-order valence-electron chi connectivity index (χ0n) is 9.32. The summed E-state index contributed by atoms with van der Waals surface area (Å²) in [5.41, 5.74) is 5.20. The van der Waals surface area contributed by atoms with Crippen LogP contribution < -0.4 is 11.1 Å². The largest absolute Gasteiger partial charge is 0.375 e. The molecule has 1 atom stereocenters. The second-order valence-electron chi connectivity index (χ2n) is 4.43. The number of hydrogen-bond donors (Lipinski definition) is 2. The van der Waals surface area contributed by atoms with Crippen LogP contribution in [0.25, 0.3) is 0 Å². The van der Waals surface area contributed by atoms with E-state index in [1.54, 1.807) is 18.2 Å². The summed E-state index contributed by atoms with van der Waals surface area (Å²) in [7, 11) is -3.06. The number of benzene rings is 1. The van der Waals surface area contributed by atoms with Gasteiger partial charge in [0, 0.05) is 6.54 Å². The second kappa shape index (κ2) is 4.27. The van der Waals surface area contributed by atoms with Gasteiger partial charge in [-0.1, -0.05) is 12.1 Å². The SMILES string of the molecule is NCC1(Nc2ccccc2F)CCS(=O)(=O)C1. The minimum Gasteiger partial charge on any atom is -0.375 e. The maximum atomic E-state index is 13.5. The molecule has 17 heavy (non-hydrogen) atoms. The lowest BCUT2D eigenvalue weighted by Crippen LogP contribution is -2.46. The predicted molar refractivity (Wildman–Crippen MR) is 65.1 cm³/mol. The molecule has 1 heterocycles. The highest BCUT2D eigenvalue weighted by Gasteiger charge is 2.41. The summed E-state index contributed by atoms with van der Waals surface area (Å²) >= 11 is 0. The van der Waals surface area contributed by atoms with Crippen LogP contribution in [0.4, 0.5) is 10.1 Å². The summed E-state index contributed by atoms with van der Waals surface area (Å²) in [4.78, 5) is 0. The van der Waals surface area contributed by atoms with E-state index < -0.39 is 21.2 Å². The number of nitrogens with one attached hydrogen (secondary N) is 1. The minimum atomic E-state index is -3.06. The second-order valence-corrected chi connectivity index (χ2v) is 6.62. The normalized spacial score (nSPS) is 26.9. The summed E-state index contributed by atoms with van der Waals surface area (Å²) in [5, 5.41) is 2.95. The lowest BCUT2D eigenvalue weighted by atomic mass is 9.98. The number of anilines is 1. The van der Waals surface area contributed by atoms with Crippen LogP contribution in [0.1, 0.15) is 6.42 Å². The average Bonchev–Trinajstić information content (AvgIpc) is 2.59. The van der Waals surface area contributed by atoms with E-state index in [-0.39, 0.29) is 18.1 Å². The summed E-state index contributed by atoms with van der Waals surface area (Å²) in [6.07, 6.45) is 0.417. The van der Waals surface area contributed by atoms with Gasteiger partial charge in [-0.2, -0.15) is 0 Å².